The van der Waals surface area contributed by atoms with Crippen molar-refractivity contribution in [2.24, 2.45) is 0 Å². The molecule has 1 aromatic carbocycles. The normalized spacial score (nSPS) is 12.4. The van der Waals surface area contributed by atoms with E-state index in [0.717, 1.165) is 25.7 Å². The number of hydrogen-bond donors (Lipinski definition) is 1. The standard InChI is InChI=1S/C20H30F4O3S/c1-2-3-4-5-6-7-8-9-10-11-12-13-14-27-19-15(21)17(23)20(28(25)26)18(24)16(19)22/h2-14H2,1H3,(H,25,26). The molecule has 1 aromatic rings. The molecule has 0 aliphatic heterocycles. The van der Waals surface area contributed by atoms with Crippen molar-refractivity contribution in [1.29, 1.82) is 0 Å². The van der Waals surface area contributed by atoms with Crippen LogP contribution in [0.1, 0.15) is 84.0 Å². The predicted molar refractivity (Wildman–Crippen MR) is 102 cm³/mol. The van der Waals surface area contributed by atoms with Gasteiger partial charge in [0.1, 0.15) is 4.90 Å². The first-order chi connectivity index (χ1) is 13.4. The molecule has 0 fully saturated rings. The van der Waals surface area contributed by atoms with Gasteiger partial charge in [-0.2, -0.15) is 8.78 Å². The summed E-state index contributed by atoms with van der Waals surface area (Å²) in [5, 5.41) is 0. The molecule has 0 aromatic heterocycles. The van der Waals surface area contributed by atoms with Gasteiger partial charge in [0.15, 0.2) is 28.5 Å². The Balaban J connectivity index is 2.23. The molecule has 0 bridgehead atoms. The summed E-state index contributed by atoms with van der Waals surface area (Å²) >= 11 is -3.18. The summed E-state index contributed by atoms with van der Waals surface area (Å²) in [5.41, 5.74) is 0. The highest BCUT2D eigenvalue weighted by Gasteiger charge is 2.29. The third-order valence-electron chi connectivity index (χ3n) is 4.60. The maximum atomic E-state index is 13.8. The lowest BCUT2D eigenvalue weighted by molar-refractivity contribution is 0.259. The number of hydrogen-bond acceptors (Lipinski definition) is 2. The molecular formula is C20H30F4O3S. The van der Waals surface area contributed by atoms with E-state index in [4.69, 9.17) is 9.29 Å². The zero-order valence-corrected chi connectivity index (χ0v) is 17.2. The Bertz CT molecular complexity index is 597. The topological polar surface area (TPSA) is 46.5 Å². The van der Waals surface area contributed by atoms with Gasteiger partial charge in [0.25, 0.3) is 0 Å². The Labute approximate surface area is 167 Å². The summed E-state index contributed by atoms with van der Waals surface area (Å²) in [6.07, 6.45) is 13.3. The number of unbranched alkanes of at least 4 members (excludes halogenated alkanes) is 11. The van der Waals surface area contributed by atoms with Crippen LogP contribution in [0.5, 0.6) is 5.75 Å². The van der Waals surface area contributed by atoms with Crippen molar-refractivity contribution in [3.8, 4) is 5.75 Å². The van der Waals surface area contributed by atoms with Gasteiger partial charge in [0, 0.05) is 0 Å². The average molecular weight is 427 g/mol. The second-order valence-electron chi connectivity index (χ2n) is 6.90. The SMILES string of the molecule is CCCCCCCCCCCCCCOc1c(F)c(F)c(S(=O)O)c(F)c1F. The van der Waals surface area contributed by atoms with Crippen molar-refractivity contribution >= 4 is 11.1 Å². The van der Waals surface area contributed by atoms with E-state index in [9.17, 15) is 21.8 Å². The molecule has 0 aliphatic rings. The van der Waals surface area contributed by atoms with Crippen LogP contribution >= 0.6 is 0 Å². The van der Waals surface area contributed by atoms with Crippen molar-refractivity contribution in [3.63, 3.8) is 0 Å². The molecule has 28 heavy (non-hydrogen) atoms. The van der Waals surface area contributed by atoms with Gasteiger partial charge in [0.2, 0.25) is 11.6 Å². The van der Waals surface area contributed by atoms with E-state index in [0.29, 0.717) is 6.42 Å². The third kappa shape index (κ3) is 8.07. The number of rotatable bonds is 15. The fraction of sp³-hybridized carbons (Fsp3) is 0.700. The summed E-state index contributed by atoms with van der Waals surface area (Å²) in [4.78, 5) is -1.55. The Hall–Kier alpha value is -1.15. The van der Waals surface area contributed by atoms with Crippen LogP contribution in [0, 0.1) is 23.3 Å². The van der Waals surface area contributed by atoms with Crippen LogP contribution in [-0.2, 0) is 11.1 Å². The first-order valence-corrected chi connectivity index (χ1v) is 11.1. The van der Waals surface area contributed by atoms with E-state index in [-0.39, 0.29) is 6.61 Å². The van der Waals surface area contributed by atoms with Crippen LogP contribution < -0.4 is 4.74 Å². The molecule has 8 heteroatoms. The molecule has 3 nitrogen and oxygen atoms in total. The smallest absolute Gasteiger partial charge is 0.205 e. The lowest BCUT2D eigenvalue weighted by Gasteiger charge is -2.11. The van der Waals surface area contributed by atoms with Gasteiger partial charge < -0.3 is 9.29 Å². The van der Waals surface area contributed by atoms with E-state index in [2.05, 4.69) is 6.92 Å². The van der Waals surface area contributed by atoms with E-state index in [1.807, 2.05) is 0 Å². The maximum absolute atomic E-state index is 13.8. The molecular weight excluding hydrogens is 396 g/mol. The molecule has 0 saturated heterocycles. The first-order valence-electron chi connectivity index (χ1n) is 10.0. The average Bonchev–Trinajstić information content (AvgIpc) is 2.66. The maximum Gasteiger partial charge on any atom is 0.205 e. The monoisotopic (exact) mass is 426 g/mol. The Morgan fingerprint density at radius 1 is 0.714 bits per heavy atom. The summed E-state index contributed by atoms with van der Waals surface area (Å²) in [7, 11) is 0. The second-order valence-corrected chi connectivity index (χ2v) is 7.81. The predicted octanol–water partition coefficient (Wildman–Crippen LogP) is 6.90. The highest BCUT2D eigenvalue weighted by molar-refractivity contribution is 7.79. The van der Waals surface area contributed by atoms with Gasteiger partial charge in [-0.1, -0.05) is 77.6 Å². The van der Waals surface area contributed by atoms with Crippen LogP contribution in [0.2, 0.25) is 0 Å². The lowest BCUT2D eigenvalue weighted by Crippen LogP contribution is -2.10. The quantitative estimate of drug-likeness (QED) is 0.144. The Kier molecular flexibility index (Phi) is 12.4. The van der Waals surface area contributed by atoms with Gasteiger partial charge in [-0.25, -0.2) is 13.0 Å². The van der Waals surface area contributed by atoms with Crippen molar-refractivity contribution in [2.45, 2.75) is 88.9 Å². The summed E-state index contributed by atoms with van der Waals surface area (Å²) in [6, 6.07) is 0. The third-order valence-corrected chi connectivity index (χ3v) is 5.31. The minimum atomic E-state index is -3.18. The van der Waals surface area contributed by atoms with Crippen LogP contribution in [-0.4, -0.2) is 15.4 Å². The van der Waals surface area contributed by atoms with Gasteiger partial charge in [0.05, 0.1) is 6.61 Å². The second kappa shape index (κ2) is 13.9. The van der Waals surface area contributed by atoms with Crippen LogP contribution in [0.4, 0.5) is 17.6 Å². The van der Waals surface area contributed by atoms with E-state index in [1.165, 1.54) is 44.9 Å². The van der Waals surface area contributed by atoms with E-state index >= 15 is 0 Å². The van der Waals surface area contributed by atoms with E-state index in [1.54, 1.807) is 0 Å². The summed E-state index contributed by atoms with van der Waals surface area (Å²) in [6.45, 7) is 2.11. The number of ether oxygens (including phenoxy) is 1. The van der Waals surface area contributed by atoms with Gasteiger partial charge in [-0.3, -0.25) is 0 Å². The zero-order chi connectivity index (χ0) is 20.9. The molecule has 1 N–H and O–H groups in total. The highest BCUT2D eigenvalue weighted by Crippen LogP contribution is 2.31. The van der Waals surface area contributed by atoms with Crippen molar-refractivity contribution < 1.29 is 31.1 Å². The zero-order valence-electron chi connectivity index (χ0n) is 16.4. The van der Waals surface area contributed by atoms with Crippen molar-refractivity contribution in [2.75, 3.05) is 6.61 Å². The lowest BCUT2D eigenvalue weighted by atomic mass is 10.1. The molecule has 1 rings (SSSR count). The van der Waals surface area contributed by atoms with E-state index < -0.39 is 45.0 Å². The molecule has 0 amide bonds. The largest absolute Gasteiger partial charge is 0.487 e. The molecule has 0 saturated carbocycles. The van der Waals surface area contributed by atoms with Crippen molar-refractivity contribution in [3.05, 3.63) is 23.3 Å². The van der Waals surface area contributed by atoms with Crippen LogP contribution in [0.15, 0.2) is 4.90 Å². The van der Waals surface area contributed by atoms with Crippen LogP contribution in [0.25, 0.3) is 0 Å². The minimum Gasteiger partial charge on any atom is -0.487 e. The molecule has 0 spiro atoms. The summed E-state index contributed by atoms with van der Waals surface area (Å²) in [5.74, 6) is -8.60. The summed E-state index contributed by atoms with van der Waals surface area (Å²) < 4.78 is 79.1. The molecule has 0 aliphatic carbocycles. The Morgan fingerprint density at radius 2 is 1.11 bits per heavy atom. The van der Waals surface area contributed by atoms with Gasteiger partial charge in [-0.15, -0.1) is 0 Å². The fourth-order valence-electron chi connectivity index (χ4n) is 2.99. The molecule has 0 radical (unpaired) electrons. The molecule has 0 heterocycles. The first kappa shape index (κ1) is 24.9. The Morgan fingerprint density at radius 3 is 1.50 bits per heavy atom. The van der Waals surface area contributed by atoms with Crippen LogP contribution in [0.3, 0.4) is 0 Å². The minimum absolute atomic E-state index is 0.0916. The number of benzene rings is 1. The number of halogens is 4. The molecule has 1 atom stereocenters. The fourth-order valence-corrected chi connectivity index (χ4v) is 3.47. The van der Waals surface area contributed by atoms with Gasteiger partial charge in [-0.05, 0) is 6.42 Å². The molecule has 162 valence electrons. The van der Waals surface area contributed by atoms with Gasteiger partial charge >= 0.3 is 0 Å². The highest BCUT2D eigenvalue weighted by atomic mass is 32.2. The molecule has 1 unspecified atom stereocenters. The van der Waals surface area contributed by atoms with Crippen molar-refractivity contribution in [1.82, 2.24) is 0 Å².